The summed E-state index contributed by atoms with van der Waals surface area (Å²) in [6, 6.07) is 1.95. The van der Waals surface area contributed by atoms with Gasteiger partial charge in [0, 0.05) is 30.6 Å². The summed E-state index contributed by atoms with van der Waals surface area (Å²) in [7, 11) is 0. The fourth-order valence-electron chi connectivity index (χ4n) is 4.87. The van der Waals surface area contributed by atoms with E-state index in [0.717, 1.165) is 73.6 Å². The highest BCUT2D eigenvalue weighted by Crippen LogP contribution is 2.39. The van der Waals surface area contributed by atoms with Gasteiger partial charge >= 0.3 is 0 Å². The maximum absolute atomic E-state index is 12.4. The number of hydrogen-bond acceptors (Lipinski definition) is 5. The molecule has 0 aromatic carbocycles. The van der Waals surface area contributed by atoms with E-state index in [2.05, 4.69) is 15.5 Å². The van der Waals surface area contributed by atoms with Crippen molar-refractivity contribution in [2.24, 2.45) is 11.8 Å². The van der Waals surface area contributed by atoms with Crippen LogP contribution >= 0.6 is 0 Å². The summed E-state index contributed by atoms with van der Waals surface area (Å²) in [6.45, 7) is 4.68. The van der Waals surface area contributed by atoms with Gasteiger partial charge in [0.05, 0.1) is 17.0 Å². The first-order chi connectivity index (χ1) is 14.1. The van der Waals surface area contributed by atoms with Crippen LogP contribution < -0.4 is 5.32 Å². The number of aromatic nitrogens is 3. The predicted octanol–water partition coefficient (Wildman–Crippen LogP) is 4.72. The molecule has 0 bridgehead atoms. The lowest BCUT2D eigenvalue weighted by molar-refractivity contribution is -0.126. The average Bonchev–Trinajstić information content (AvgIpc) is 3.19. The Hall–Kier alpha value is -2.24. The molecule has 2 fully saturated rings. The Morgan fingerprint density at radius 1 is 1.10 bits per heavy atom. The molecule has 0 spiro atoms. The highest BCUT2D eigenvalue weighted by Gasteiger charge is 2.28. The Morgan fingerprint density at radius 3 is 2.55 bits per heavy atom. The van der Waals surface area contributed by atoms with Gasteiger partial charge in [0.2, 0.25) is 5.91 Å². The summed E-state index contributed by atoms with van der Waals surface area (Å²) < 4.78 is 5.49. The largest absolute Gasteiger partial charge is 0.356 e. The van der Waals surface area contributed by atoms with Crippen molar-refractivity contribution in [3.63, 3.8) is 0 Å². The standard InChI is InChI=1S/C23H32N4O2/c1-15-12-21(29-27-15)20-14-24-16(2)26-22(20)18-10-8-17(9-11-18)13-25-23(28)19-6-4-3-5-7-19/h12,14,17-19H,3-11,13H2,1-2H3,(H,25,28). The van der Waals surface area contributed by atoms with Crippen LogP contribution in [0.4, 0.5) is 0 Å². The van der Waals surface area contributed by atoms with Crippen molar-refractivity contribution in [1.29, 1.82) is 0 Å². The Labute approximate surface area is 172 Å². The molecular weight excluding hydrogens is 364 g/mol. The summed E-state index contributed by atoms with van der Waals surface area (Å²) >= 11 is 0. The molecule has 2 aliphatic rings. The molecule has 1 amide bonds. The Morgan fingerprint density at radius 2 is 1.86 bits per heavy atom. The normalized spacial score (nSPS) is 23.1. The van der Waals surface area contributed by atoms with Gasteiger partial charge in [0.15, 0.2) is 5.76 Å². The Bertz CT molecular complexity index is 833. The van der Waals surface area contributed by atoms with Crippen molar-refractivity contribution in [3.05, 3.63) is 29.5 Å². The number of aryl methyl sites for hydroxylation is 2. The predicted molar refractivity (Wildman–Crippen MR) is 111 cm³/mol. The molecule has 2 aromatic rings. The second kappa shape index (κ2) is 9.06. The van der Waals surface area contributed by atoms with Crippen LogP contribution in [0.2, 0.25) is 0 Å². The third kappa shape index (κ3) is 4.85. The number of nitrogens with zero attached hydrogens (tertiary/aromatic N) is 3. The number of hydrogen-bond donors (Lipinski definition) is 1. The minimum absolute atomic E-state index is 0.247. The summed E-state index contributed by atoms with van der Waals surface area (Å²) in [4.78, 5) is 21.6. The molecular formula is C23H32N4O2. The van der Waals surface area contributed by atoms with E-state index in [1.54, 1.807) is 0 Å². The summed E-state index contributed by atoms with van der Waals surface area (Å²) in [5, 5.41) is 7.26. The van der Waals surface area contributed by atoms with Crippen molar-refractivity contribution in [3.8, 4) is 11.3 Å². The van der Waals surface area contributed by atoms with Crippen LogP contribution in [0.5, 0.6) is 0 Å². The smallest absolute Gasteiger partial charge is 0.223 e. The van der Waals surface area contributed by atoms with Gasteiger partial charge in [-0.1, -0.05) is 24.4 Å². The maximum Gasteiger partial charge on any atom is 0.223 e. The molecule has 0 radical (unpaired) electrons. The first kappa shape index (κ1) is 20.0. The molecule has 2 aliphatic carbocycles. The van der Waals surface area contributed by atoms with Crippen molar-refractivity contribution in [2.45, 2.75) is 77.6 Å². The molecule has 0 saturated heterocycles. The van der Waals surface area contributed by atoms with Gasteiger partial charge in [-0.05, 0) is 58.3 Å². The van der Waals surface area contributed by atoms with Crippen molar-refractivity contribution in [1.82, 2.24) is 20.4 Å². The van der Waals surface area contributed by atoms with Gasteiger partial charge in [0.1, 0.15) is 5.82 Å². The van der Waals surface area contributed by atoms with Crippen LogP contribution in [-0.2, 0) is 4.79 Å². The molecule has 0 atom stereocenters. The Balaban J connectivity index is 1.35. The summed E-state index contributed by atoms with van der Waals surface area (Å²) in [5.41, 5.74) is 2.91. The molecule has 1 N–H and O–H groups in total. The van der Waals surface area contributed by atoms with Crippen molar-refractivity contribution in [2.75, 3.05) is 6.54 Å². The highest BCUT2D eigenvalue weighted by atomic mass is 16.5. The second-order valence-corrected chi connectivity index (χ2v) is 8.85. The lowest BCUT2D eigenvalue weighted by Gasteiger charge is -2.30. The molecule has 29 heavy (non-hydrogen) atoms. The number of rotatable bonds is 5. The van der Waals surface area contributed by atoms with E-state index >= 15 is 0 Å². The molecule has 2 saturated carbocycles. The number of nitrogens with one attached hydrogen (secondary N) is 1. The van der Waals surface area contributed by atoms with E-state index in [4.69, 9.17) is 9.51 Å². The zero-order chi connectivity index (χ0) is 20.2. The van der Waals surface area contributed by atoms with E-state index < -0.39 is 0 Å². The summed E-state index contributed by atoms with van der Waals surface area (Å²) in [5.74, 6) is 3.04. The fourth-order valence-corrected chi connectivity index (χ4v) is 4.87. The third-order valence-corrected chi connectivity index (χ3v) is 6.61. The maximum atomic E-state index is 12.4. The average molecular weight is 397 g/mol. The molecule has 6 heteroatoms. The van der Waals surface area contributed by atoms with E-state index in [9.17, 15) is 4.79 Å². The summed E-state index contributed by atoms with van der Waals surface area (Å²) in [6.07, 6.45) is 12.1. The van der Waals surface area contributed by atoms with E-state index in [0.29, 0.717) is 11.8 Å². The molecule has 2 heterocycles. The molecule has 6 nitrogen and oxygen atoms in total. The second-order valence-electron chi connectivity index (χ2n) is 8.85. The minimum atomic E-state index is 0.247. The SMILES string of the molecule is Cc1cc(-c2cnc(C)nc2C2CCC(CNC(=O)C3CCCCC3)CC2)on1. The third-order valence-electron chi connectivity index (χ3n) is 6.61. The van der Waals surface area contributed by atoms with Gasteiger partial charge in [-0.2, -0.15) is 0 Å². The van der Waals surface area contributed by atoms with Gasteiger partial charge < -0.3 is 9.84 Å². The highest BCUT2D eigenvalue weighted by molar-refractivity contribution is 5.78. The monoisotopic (exact) mass is 396 g/mol. The van der Waals surface area contributed by atoms with Crippen LogP contribution in [0.1, 0.15) is 80.9 Å². The molecule has 0 unspecified atom stereocenters. The zero-order valence-corrected chi connectivity index (χ0v) is 17.6. The lowest BCUT2D eigenvalue weighted by Crippen LogP contribution is -2.36. The van der Waals surface area contributed by atoms with Crippen molar-refractivity contribution >= 4 is 5.91 Å². The molecule has 156 valence electrons. The van der Waals surface area contributed by atoms with E-state index in [1.807, 2.05) is 26.1 Å². The van der Waals surface area contributed by atoms with Crippen LogP contribution in [0.25, 0.3) is 11.3 Å². The molecule has 2 aromatic heterocycles. The van der Waals surface area contributed by atoms with Crippen LogP contribution in [0, 0.1) is 25.7 Å². The zero-order valence-electron chi connectivity index (χ0n) is 17.6. The van der Waals surface area contributed by atoms with Crippen LogP contribution in [-0.4, -0.2) is 27.6 Å². The van der Waals surface area contributed by atoms with E-state index in [1.165, 1.54) is 19.3 Å². The van der Waals surface area contributed by atoms with Gasteiger partial charge in [-0.25, -0.2) is 9.97 Å². The number of amides is 1. The van der Waals surface area contributed by atoms with Crippen LogP contribution in [0.3, 0.4) is 0 Å². The Kier molecular flexibility index (Phi) is 6.26. The minimum Gasteiger partial charge on any atom is -0.356 e. The number of carbonyl (C=O) groups excluding carboxylic acids is 1. The molecule has 4 rings (SSSR count). The van der Waals surface area contributed by atoms with Gasteiger partial charge in [-0.15, -0.1) is 0 Å². The number of carbonyl (C=O) groups is 1. The first-order valence-electron chi connectivity index (χ1n) is 11.1. The molecule has 0 aliphatic heterocycles. The van der Waals surface area contributed by atoms with Gasteiger partial charge in [0.25, 0.3) is 0 Å². The van der Waals surface area contributed by atoms with Crippen LogP contribution in [0.15, 0.2) is 16.8 Å². The topological polar surface area (TPSA) is 80.9 Å². The fraction of sp³-hybridized carbons (Fsp3) is 0.652. The quantitative estimate of drug-likeness (QED) is 0.791. The van der Waals surface area contributed by atoms with E-state index in [-0.39, 0.29) is 11.8 Å². The first-order valence-corrected chi connectivity index (χ1v) is 11.1. The lowest BCUT2D eigenvalue weighted by atomic mass is 9.79. The van der Waals surface area contributed by atoms with Gasteiger partial charge in [-0.3, -0.25) is 4.79 Å². The van der Waals surface area contributed by atoms with Crippen molar-refractivity contribution < 1.29 is 9.32 Å².